The number of nitrogens with one attached hydrogen (secondary N) is 1. The van der Waals surface area contributed by atoms with Crippen LogP contribution in [0.4, 0.5) is 14.5 Å². The van der Waals surface area contributed by atoms with Crippen LogP contribution in [0.1, 0.15) is 5.56 Å². The van der Waals surface area contributed by atoms with Crippen LogP contribution >= 0.6 is 15.9 Å². The highest BCUT2D eigenvalue weighted by atomic mass is 79.9. The Kier molecular flexibility index (Phi) is 4.27. The Labute approximate surface area is 117 Å². The summed E-state index contributed by atoms with van der Waals surface area (Å²) >= 11 is 3.16. The third-order valence-corrected chi connectivity index (χ3v) is 3.12. The van der Waals surface area contributed by atoms with Gasteiger partial charge in [-0.2, -0.15) is 0 Å². The summed E-state index contributed by atoms with van der Waals surface area (Å²) in [5, 5.41) is 2.63. The standard InChI is InChI=1S/C14H10BrF2NO/c15-12-8-11(17)4-5-13(12)18-14(19)7-9-2-1-3-10(16)6-9/h1-6,8H,7H2,(H,18,19). The van der Waals surface area contributed by atoms with Crippen molar-refractivity contribution < 1.29 is 13.6 Å². The number of rotatable bonds is 3. The van der Waals surface area contributed by atoms with Crippen molar-refractivity contribution in [2.24, 2.45) is 0 Å². The van der Waals surface area contributed by atoms with E-state index in [9.17, 15) is 13.6 Å². The molecule has 2 rings (SSSR count). The molecule has 0 spiro atoms. The van der Waals surface area contributed by atoms with Gasteiger partial charge in [-0.15, -0.1) is 0 Å². The minimum Gasteiger partial charge on any atom is -0.325 e. The Hall–Kier alpha value is -1.75. The maximum Gasteiger partial charge on any atom is 0.228 e. The Morgan fingerprint density at radius 1 is 1.11 bits per heavy atom. The summed E-state index contributed by atoms with van der Waals surface area (Å²) in [5.41, 5.74) is 1.05. The zero-order valence-electron chi connectivity index (χ0n) is 9.79. The molecule has 0 bridgehead atoms. The van der Waals surface area contributed by atoms with E-state index in [4.69, 9.17) is 0 Å². The van der Waals surface area contributed by atoms with Gasteiger partial charge in [0.15, 0.2) is 0 Å². The fourth-order valence-corrected chi connectivity index (χ4v) is 2.07. The number of anilines is 1. The molecule has 0 aliphatic carbocycles. The summed E-state index contributed by atoms with van der Waals surface area (Å²) in [4.78, 5) is 11.8. The van der Waals surface area contributed by atoms with E-state index in [2.05, 4.69) is 21.2 Å². The second kappa shape index (κ2) is 5.93. The summed E-state index contributed by atoms with van der Waals surface area (Å²) < 4.78 is 26.3. The van der Waals surface area contributed by atoms with Crippen LogP contribution in [0.3, 0.4) is 0 Å². The molecule has 1 N–H and O–H groups in total. The number of carbonyl (C=O) groups excluding carboxylic acids is 1. The Balaban J connectivity index is 2.05. The molecule has 5 heteroatoms. The van der Waals surface area contributed by atoms with E-state index in [1.807, 2.05) is 0 Å². The molecule has 2 nitrogen and oxygen atoms in total. The molecule has 1 amide bonds. The second-order valence-corrected chi connectivity index (χ2v) is 4.83. The lowest BCUT2D eigenvalue weighted by Crippen LogP contribution is -2.14. The quantitative estimate of drug-likeness (QED) is 0.910. The molecule has 0 unspecified atom stereocenters. The molecule has 2 aromatic carbocycles. The summed E-state index contributed by atoms with van der Waals surface area (Å²) in [5.74, 6) is -1.07. The predicted octanol–water partition coefficient (Wildman–Crippen LogP) is 3.91. The zero-order valence-corrected chi connectivity index (χ0v) is 11.4. The van der Waals surface area contributed by atoms with Crippen LogP contribution < -0.4 is 5.32 Å². The second-order valence-electron chi connectivity index (χ2n) is 3.98. The van der Waals surface area contributed by atoms with Crippen molar-refractivity contribution in [2.45, 2.75) is 6.42 Å². The normalized spacial score (nSPS) is 10.3. The van der Waals surface area contributed by atoms with Gasteiger partial charge in [0.2, 0.25) is 5.91 Å². The third-order valence-electron chi connectivity index (χ3n) is 2.46. The third kappa shape index (κ3) is 3.86. The summed E-state index contributed by atoms with van der Waals surface area (Å²) in [6.45, 7) is 0. The smallest absolute Gasteiger partial charge is 0.228 e. The Morgan fingerprint density at radius 3 is 2.53 bits per heavy atom. The maximum absolute atomic E-state index is 13.0. The highest BCUT2D eigenvalue weighted by Gasteiger charge is 2.08. The van der Waals surface area contributed by atoms with Crippen LogP contribution in [0.15, 0.2) is 46.9 Å². The van der Waals surface area contributed by atoms with Crippen LogP contribution in [0, 0.1) is 11.6 Å². The molecule has 0 fully saturated rings. The first-order valence-electron chi connectivity index (χ1n) is 5.54. The topological polar surface area (TPSA) is 29.1 Å². The van der Waals surface area contributed by atoms with Crippen LogP contribution in [0.25, 0.3) is 0 Å². The van der Waals surface area contributed by atoms with Gasteiger partial charge in [0.25, 0.3) is 0 Å². The molecule has 0 aromatic heterocycles. The first-order chi connectivity index (χ1) is 9.04. The molecule has 0 atom stereocenters. The molecule has 0 saturated carbocycles. The lowest BCUT2D eigenvalue weighted by molar-refractivity contribution is -0.115. The molecular weight excluding hydrogens is 316 g/mol. The van der Waals surface area contributed by atoms with Crippen molar-refractivity contribution in [1.82, 2.24) is 0 Å². The van der Waals surface area contributed by atoms with Crippen LogP contribution in [0.5, 0.6) is 0 Å². The molecule has 0 aliphatic rings. The first kappa shape index (κ1) is 13.7. The zero-order chi connectivity index (χ0) is 13.8. The van der Waals surface area contributed by atoms with Gasteiger partial charge in [-0.1, -0.05) is 12.1 Å². The molecule has 0 heterocycles. The first-order valence-corrected chi connectivity index (χ1v) is 6.33. The van der Waals surface area contributed by atoms with Crippen molar-refractivity contribution in [3.8, 4) is 0 Å². The van der Waals surface area contributed by atoms with Crippen LogP contribution in [0.2, 0.25) is 0 Å². The summed E-state index contributed by atoms with van der Waals surface area (Å²) in [7, 11) is 0. The molecular formula is C14H10BrF2NO. The van der Waals surface area contributed by atoms with Crippen molar-refractivity contribution in [3.05, 3.63) is 64.1 Å². The number of hydrogen-bond donors (Lipinski definition) is 1. The van der Waals surface area contributed by atoms with Crippen molar-refractivity contribution in [2.75, 3.05) is 5.32 Å². The fraction of sp³-hybridized carbons (Fsp3) is 0.0714. The Bertz CT molecular complexity index is 616. The van der Waals surface area contributed by atoms with Gasteiger partial charge in [0, 0.05) is 4.47 Å². The minimum atomic E-state index is -0.394. The van der Waals surface area contributed by atoms with Gasteiger partial charge in [0.1, 0.15) is 11.6 Å². The molecule has 0 saturated heterocycles. The van der Waals surface area contributed by atoms with Crippen molar-refractivity contribution in [1.29, 1.82) is 0 Å². The molecule has 2 aromatic rings. The SMILES string of the molecule is O=C(Cc1cccc(F)c1)Nc1ccc(F)cc1Br. The van der Waals surface area contributed by atoms with E-state index in [1.165, 1.54) is 30.3 Å². The Morgan fingerprint density at radius 2 is 1.84 bits per heavy atom. The average molecular weight is 326 g/mol. The summed E-state index contributed by atoms with van der Waals surface area (Å²) in [6.07, 6.45) is 0.0571. The molecule has 19 heavy (non-hydrogen) atoms. The lowest BCUT2D eigenvalue weighted by atomic mass is 10.1. The number of benzene rings is 2. The largest absolute Gasteiger partial charge is 0.325 e. The van der Waals surface area contributed by atoms with Gasteiger partial charge in [-0.25, -0.2) is 8.78 Å². The van der Waals surface area contributed by atoms with E-state index in [-0.39, 0.29) is 18.1 Å². The maximum atomic E-state index is 13.0. The van der Waals surface area contributed by atoms with E-state index < -0.39 is 5.82 Å². The number of halogens is 3. The number of hydrogen-bond acceptors (Lipinski definition) is 1. The van der Waals surface area contributed by atoms with Crippen molar-refractivity contribution >= 4 is 27.5 Å². The van der Waals surface area contributed by atoms with Crippen molar-refractivity contribution in [3.63, 3.8) is 0 Å². The molecule has 0 radical (unpaired) electrons. The number of carbonyl (C=O) groups is 1. The fourth-order valence-electron chi connectivity index (χ4n) is 1.62. The minimum absolute atomic E-state index is 0.0571. The molecule has 0 aliphatic heterocycles. The van der Waals surface area contributed by atoms with Gasteiger partial charge in [0.05, 0.1) is 12.1 Å². The van der Waals surface area contributed by atoms with E-state index in [0.717, 1.165) is 0 Å². The lowest BCUT2D eigenvalue weighted by Gasteiger charge is -2.07. The van der Waals surface area contributed by atoms with Gasteiger partial charge in [-0.05, 0) is 51.8 Å². The summed E-state index contributed by atoms with van der Waals surface area (Å²) in [6, 6.07) is 9.81. The predicted molar refractivity (Wildman–Crippen MR) is 72.8 cm³/mol. The average Bonchev–Trinajstić information content (AvgIpc) is 2.33. The van der Waals surface area contributed by atoms with E-state index in [0.29, 0.717) is 15.7 Å². The van der Waals surface area contributed by atoms with Crippen LogP contribution in [-0.4, -0.2) is 5.91 Å². The number of amides is 1. The monoisotopic (exact) mass is 325 g/mol. The highest BCUT2D eigenvalue weighted by molar-refractivity contribution is 9.10. The van der Waals surface area contributed by atoms with E-state index >= 15 is 0 Å². The van der Waals surface area contributed by atoms with Gasteiger partial charge < -0.3 is 5.32 Å². The molecule has 98 valence electrons. The highest BCUT2D eigenvalue weighted by Crippen LogP contribution is 2.23. The van der Waals surface area contributed by atoms with Gasteiger partial charge >= 0.3 is 0 Å². The van der Waals surface area contributed by atoms with Gasteiger partial charge in [-0.3, -0.25) is 4.79 Å². The van der Waals surface area contributed by atoms with Crippen LogP contribution in [-0.2, 0) is 11.2 Å². The van der Waals surface area contributed by atoms with E-state index in [1.54, 1.807) is 12.1 Å².